The van der Waals surface area contributed by atoms with Crippen LogP contribution in [0.1, 0.15) is 15.9 Å². The second-order valence-electron chi connectivity index (χ2n) is 7.15. The summed E-state index contributed by atoms with van der Waals surface area (Å²) in [5.74, 6) is -5.02. The molecule has 176 valence electrons. The van der Waals surface area contributed by atoms with E-state index in [0.717, 1.165) is 12.1 Å². The van der Waals surface area contributed by atoms with E-state index in [1.54, 1.807) is 4.98 Å². The molecule has 1 aliphatic rings. The second-order valence-corrected chi connectivity index (χ2v) is 7.15. The lowest BCUT2D eigenvalue weighted by molar-refractivity contribution is -0.196. The van der Waals surface area contributed by atoms with Crippen LogP contribution in [-0.4, -0.2) is 34.7 Å². The largest absolute Gasteiger partial charge is 0.497 e. The van der Waals surface area contributed by atoms with E-state index in [1.807, 2.05) is 5.32 Å². The first-order chi connectivity index (χ1) is 16.0. The third kappa shape index (κ3) is 3.32. The van der Waals surface area contributed by atoms with Crippen LogP contribution < -0.4 is 26.6 Å². The SMILES string of the molecule is COc1ccc(-n2c3c(c(=O)[nH]c2=O)C(NC(=O)c2ccccc2F)(C(F)(F)F)C(=O)N3)cc1. The van der Waals surface area contributed by atoms with Crippen LogP contribution in [0.25, 0.3) is 5.69 Å². The number of ether oxygens (including phenoxy) is 1. The Balaban J connectivity index is 1.97. The van der Waals surface area contributed by atoms with Crippen molar-refractivity contribution < 1.29 is 31.9 Å². The molecule has 34 heavy (non-hydrogen) atoms. The third-order valence-corrected chi connectivity index (χ3v) is 5.23. The molecule has 0 bridgehead atoms. The first-order valence-electron chi connectivity index (χ1n) is 9.50. The van der Waals surface area contributed by atoms with Gasteiger partial charge in [-0.1, -0.05) is 12.1 Å². The average molecular weight is 478 g/mol. The number of nitrogens with one attached hydrogen (secondary N) is 3. The van der Waals surface area contributed by atoms with Gasteiger partial charge in [0.15, 0.2) is 0 Å². The van der Waals surface area contributed by atoms with Crippen LogP contribution in [0.15, 0.2) is 58.1 Å². The van der Waals surface area contributed by atoms with Gasteiger partial charge in [0.05, 0.1) is 18.4 Å². The van der Waals surface area contributed by atoms with Gasteiger partial charge in [0.1, 0.15) is 22.9 Å². The number of amides is 2. The molecule has 9 nitrogen and oxygen atoms in total. The molecule has 0 aliphatic carbocycles. The van der Waals surface area contributed by atoms with Crippen molar-refractivity contribution in [2.24, 2.45) is 0 Å². The van der Waals surface area contributed by atoms with Crippen LogP contribution in [0.3, 0.4) is 0 Å². The van der Waals surface area contributed by atoms with Gasteiger partial charge in [0.2, 0.25) is 0 Å². The molecule has 3 aromatic rings. The van der Waals surface area contributed by atoms with Crippen molar-refractivity contribution in [3.8, 4) is 11.4 Å². The summed E-state index contributed by atoms with van der Waals surface area (Å²) in [4.78, 5) is 52.2. The number of hydrogen-bond donors (Lipinski definition) is 3. The van der Waals surface area contributed by atoms with E-state index in [-0.39, 0.29) is 5.69 Å². The fourth-order valence-electron chi connectivity index (χ4n) is 3.64. The van der Waals surface area contributed by atoms with Crippen LogP contribution in [0.5, 0.6) is 5.75 Å². The maximum atomic E-state index is 14.4. The van der Waals surface area contributed by atoms with Gasteiger partial charge in [0.25, 0.3) is 22.9 Å². The number of fused-ring (bicyclic) bond motifs is 1. The van der Waals surface area contributed by atoms with Gasteiger partial charge in [-0.3, -0.25) is 19.4 Å². The smallest absolute Gasteiger partial charge is 0.425 e. The fourth-order valence-corrected chi connectivity index (χ4v) is 3.64. The molecule has 0 spiro atoms. The molecule has 2 amide bonds. The molecule has 2 heterocycles. The van der Waals surface area contributed by atoms with E-state index < -0.39 is 57.5 Å². The molecule has 1 atom stereocenters. The summed E-state index contributed by atoms with van der Waals surface area (Å²) in [5, 5.41) is 3.37. The lowest BCUT2D eigenvalue weighted by Gasteiger charge is -2.30. The summed E-state index contributed by atoms with van der Waals surface area (Å²) < 4.78 is 62.9. The summed E-state index contributed by atoms with van der Waals surface area (Å²) >= 11 is 0. The minimum absolute atomic E-state index is 0.0167. The Hall–Kier alpha value is -4.42. The number of alkyl halides is 3. The summed E-state index contributed by atoms with van der Waals surface area (Å²) in [7, 11) is 1.37. The lowest BCUT2D eigenvalue weighted by atomic mass is 9.91. The normalized spacial score (nSPS) is 17.1. The number of anilines is 1. The number of benzene rings is 2. The maximum absolute atomic E-state index is 14.4. The Labute approximate surface area is 187 Å². The number of rotatable bonds is 4. The molecular weight excluding hydrogens is 464 g/mol. The summed E-state index contributed by atoms with van der Waals surface area (Å²) in [5.41, 5.74) is -8.69. The van der Waals surface area contributed by atoms with Crippen molar-refractivity contribution in [3.05, 3.63) is 86.3 Å². The number of halogens is 4. The molecule has 4 rings (SSSR count). The van der Waals surface area contributed by atoms with Crippen molar-refractivity contribution in [3.63, 3.8) is 0 Å². The highest BCUT2D eigenvalue weighted by Crippen LogP contribution is 2.45. The minimum atomic E-state index is -5.56. The van der Waals surface area contributed by atoms with Crippen molar-refractivity contribution in [2.45, 2.75) is 11.7 Å². The molecule has 0 fully saturated rings. The van der Waals surface area contributed by atoms with Crippen molar-refractivity contribution in [2.75, 3.05) is 12.4 Å². The van der Waals surface area contributed by atoms with Gasteiger partial charge in [-0.2, -0.15) is 13.2 Å². The first-order valence-corrected chi connectivity index (χ1v) is 9.50. The maximum Gasteiger partial charge on any atom is 0.425 e. The van der Waals surface area contributed by atoms with E-state index in [0.29, 0.717) is 10.3 Å². The molecule has 1 aliphatic heterocycles. The average Bonchev–Trinajstić information content (AvgIpc) is 3.07. The number of carbonyl (C=O) groups is 2. The molecule has 0 radical (unpaired) electrons. The van der Waals surface area contributed by atoms with E-state index >= 15 is 0 Å². The molecule has 3 N–H and O–H groups in total. The third-order valence-electron chi connectivity index (χ3n) is 5.23. The lowest BCUT2D eigenvalue weighted by Crippen LogP contribution is -2.62. The Bertz CT molecular complexity index is 1430. The molecule has 13 heteroatoms. The van der Waals surface area contributed by atoms with Gasteiger partial charge in [-0.05, 0) is 36.4 Å². The van der Waals surface area contributed by atoms with Crippen molar-refractivity contribution in [1.82, 2.24) is 14.9 Å². The van der Waals surface area contributed by atoms with Crippen LogP contribution in [-0.2, 0) is 10.3 Å². The highest BCUT2D eigenvalue weighted by atomic mass is 19.4. The molecule has 1 aromatic heterocycles. The quantitative estimate of drug-likeness (QED) is 0.494. The molecule has 0 saturated carbocycles. The van der Waals surface area contributed by atoms with Crippen LogP contribution in [0.2, 0.25) is 0 Å². The number of aromatic amines is 1. The Morgan fingerprint density at radius 1 is 1.06 bits per heavy atom. The van der Waals surface area contributed by atoms with Gasteiger partial charge in [-0.15, -0.1) is 0 Å². The zero-order valence-electron chi connectivity index (χ0n) is 17.1. The number of nitrogens with zero attached hydrogens (tertiary/aromatic N) is 1. The standard InChI is InChI=1S/C21H14F4N4O5/c1-34-11-8-6-10(7-9-11)29-15-14(17(31)27-19(29)33)20(18(32)26-15,21(23,24)25)28-16(30)12-4-2-3-5-13(12)22/h2-9H,1H3,(H,26,32)(H,28,30)(H,27,31,33). The molecule has 0 saturated heterocycles. The van der Waals surface area contributed by atoms with E-state index in [2.05, 4.69) is 0 Å². The minimum Gasteiger partial charge on any atom is -0.497 e. The number of aromatic nitrogens is 2. The van der Waals surface area contributed by atoms with E-state index in [9.17, 15) is 36.7 Å². The molecular formula is C21H14F4N4O5. The van der Waals surface area contributed by atoms with E-state index in [1.165, 1.54) is 48.8 Å². The van der Waals surface area contributed by atoms with Gasteiger partial charge < -0.3 is 15.4 Å². The van der Waals surface area contributed by atoms with Gasteiger partial charge >= 0.3 is 11.9 Å². The monoisotopic (exact) mass is 478 g/mol. The molecule has 1 unspecified atom stereocenters. The molecule has 2 aromatic carbocycles. The zero-order valence-corrected chi connectivity index (χ0v) is 17.1. The van der Waals surface area contributed by atoms with Crippen molar-refractivity contribution in [1.29, 1.82) is 0 Å². The second kappa shape index (κ2) is 7.86. The topological polar surface area (TPSA) is 122 Å². The highest BCUT2D eigenvalue weighted by molar-refractivity contribution is 6.09. The summed E-state index contributed by atoms with van der Waals surface area (Å²) in [6, 6.07) is 9.56. The number of carbonyl (C=O) groups excluding carboxylic acids is 2. The van der Waals surface area contributed by atoms with Crippen LogP contribution in [0, 0.1) is 5.82 Å². The van der Waals surface area contributed by atoms with E-state index in [4.69, 9.17) is 4.74 Å². The zero-order chi connectivity index (χ0) is 24.8. The Morgan fingerprint density at radius 2 is 1.71 bits per heavy atom. The number of H-pyrrole nitrogens is 1. The Kier molecular flexibility index (Phi) is 5.26. The first kappa shape index (κ1) is 22.8. The Morgan fingerprint density at radius 3 is 2.29 bits per heavy atom. The van der Waals surface area contributed by atoms with Crippen LogP contribution >= 0.6 is 0 Å². The highest BCUT2D eigenvalue weighted by Gasteiger charge is 2.68. The fraction of sp³-hybridized carbons (Fsp3) is 0.143. The van der Waals surface area contributed by atoms with Gasteiger partial charge in [0, 0.05) is 0 Å². The van der Waals surface area contributed by atoms with Crippen LogP contribution in [0.4, 0.5) is 23.4 Å². The van der Waals surface area contributed by atoms with Crippen molar-refractivity contribution >= 4 is 17.6 Å². The summed E-state index contributed by atoms with van der Waals surface area (Å²) in [6.07, 6.45) is -5.56. The number of hydrogen-bond acceptors (Lipinski definition) is 5. The predicted octanol–water partition coefficient (Wildman–Crippen LogP) is 1.81. The number of methoxy groups -OCH3 is 1. The predicted molar refractivity (Wildman–Crippen MR) is 109 cm³/mol. The van der Waals surface area contributed by atoms with Gasteiger partial charge in [-0.25, -0.2) is 13.8 Å². The summed E-state index contributed by atoms with van der Waals surface area (Å²) in [6.45, 7) is 0.